The molecule has 1 N–H and O–H groups in total. The zero-order valence-electron chi connectivity index (χ0n) is 11.0. The number of nitrogens with one attached hydrogen (secondary N) is 1. The second kappa shape index (κ2) is 5.61. The van der Waals surface area contributed by atoms with E-state index in [4.69, 9.17) is 0 Å². The minimum Gasteiger partial charge on any atom is -0.340 e. The molecule has 2 unspecified atom stereocenters. The van der Waals surface area contributed by atoms with Gasteiger partial charge in [0, 0.05) is 18.8 Å². The summed E-state index contributed by atoms with van der Waals surface area (Å²) in [5, 5.41) is 3.48. The van der Waals surface area contributed by atoms with Crippen molar-refractivity contribution in [2.24, 2.45) is 0 Å². The molecule has 2 fully saturated rings. The summed E-state index contributed by atoms with van der Waals surface area (Å²) in [7, 11) is 2.00. The third-order valence-corrected chi connectivity index (χ3v) is 5.25. The van der Waals surface area contributed by atoms with E-state index in [0.717, 1.165) is 44.4 Å². The highest BCUT2D eigenvalue weighted by molar-refractivity contribution is 7.99. The van der Waals surface area contributed by atoms with Crippen molar-refractivity contribution in [1.82, 2.24) is 10.2 Å². The van der Waals surface area contributed by atoms with Crippen molar-refractivity contribution in [1.29, 1.82) is 0 Å². The second-order valence-corrected chi connectivity index (χ2v) is 6.45. The second-order valence-electron chi connectivity index (χ2n) is 5.30. The van der Waals surface area contributed by atoms with Crippen LogP contribution in [0.3, 0.4) is 0 Å². The highest BCUT2D eigenvalue weighted by atomic mass is 32.2. The molecule has 2 aliphatic heterocycles. The lowest BCUT2D eigenvalue weighted by molar-refractivity contribution is -0.138. The van der Waals surface area contributed by atoms with Crippen LogP contribution >= 0.6 is 11.8 Å². The van der Waals surface area contributed by atoms with E-state index in [2.05, 4.69) is 12.2 Å². The maximum Gasteiger partial charge on any atom is 0.242 e. The fourth-order valence-electron chi connectivity index (χ4n) is 3.07. The Bertz CT molecular complexity index is 271. The molecule has 2 rings (SSSR count). The summed E-state index contributed by atoms with van der Waals surface area (Å²) in [4.78, 5) is 14.7. The molecule has 0 bridgehead atoms. The fourth-order valence-corrected chi connectivity index (χ4v) is 4.33. The highest BCUT2D eigenvalue weighted by Crippen LogP contribution is 2.30. The van der Waals surface area contributed by atoms with Crippen LogP contribution in [0.15, 0.2) is 0 Å². The summed E-state index contributed by atoms with van der Waals surface area (Å²) in [6.07, 6.45) is 5.38. The molecule has 17 heavy (non-hydrogen) atoms. The van der Waals surface area contributed by atoms with Gasteiger partial charge in [0.1, 0.15) is 0 Å². The molecular formula is C13H24N2OS. The lowest BCUT2D eigenvalue weighted by Gasteiger charge is -2.35. The van der Waals surface area contributed by atoms with Crippen LogP contribution in [0.1, 0.15) is 39.0 Å². The van der Waals surface area contributed by atoms with Gasteiger partial charge in [0.2, 0.25) is 5.91 Å². The average molecular weight is 256 g/mol. The number of hydrogen-bond acceptors (Lipinski definition) is 3. The zero-order valence-corrected chi connectivity index (χ0v) is 11.8. The van der Waals surface area contributed by atoms with Gasteiger partial charge < -0.3 is 10.2 Å². The van der Waals surface area contributed by atoms with Crippen LogP contribution < -0.4 is 5.32 Å². The van der Waals surface area contributed by atoms with Crippen LogP contribution in [0, 0.1) is 0 Å². The van der Waals surface area contributed by atoms with Crippen molar-refractivity contribution >= 4 is 17.7 Å². The van der Waals surface area contributed by atoms with E-state index in [1.54, 1.807) is 0 Å². The number of likely N-dealkylation sites (N-methyl/N-ethyl adjacent to an activating group) is 1. The van der Waals surface area contributed by atoms with E-state index >= 15 is 0 Å². The Morgan fingerprint density at radius 1 is 1.59 bits per heavy atom. The number of thioether (sulfide) groups is 1. The summed E-state index contributed by atoms with van der Waals surface area (Å²) >= 11 is 1.97. The molecule has 0 aliphatic carbocycles. The Morgan fingerprint density at radius 3 is 2.94 bits per heavy atom. The largest absolute Gasteiger partial charge is 0.340 e. The predicted octanol–water partition coefficient (Wildman–Crippen LogP) is 1.87. The van der Waals surface area contributed by atoms with E-state index < -0.39 is 0 Å². The molecular weight excluding hydrogens is 232 g/mol. The first kappa shape index (κ1) is 13.2. The maximum atomic E-state index is 12.7. The van der Waals surface area contributed by atoms with Crippen molar-refractivity contribution in [3.05, 3.63) is 0 Å². The van der Waals surface area contributed by atoms with Gasteiger partial charge in [-0.2, -0.15) is 11.8 Å². The summed E-state index contributed by atoms with van der Waals surface area (Å²) in [6.45, 7) is 3.17. The van der Waals surface area contributed by atoms with Crippen LogP contribution in [0.4, 0.5) is 0 Å². The molecule has 3 nitrogen and oxygen atoms in total. The molecule has 0 aromatic heterocycles. The van der Waals surface area contributed by atoms with Crippen LogP contribution in [-0.2, 0) is 4.79 Å². The van der Waals surface area contributed by atoms with Gasteiger partial charge in [0.15, 0.2) is 0 Å². The van der Waals surface area contributed by atoms with Crippen molar-refractivity contribution in [3.8, 4) is 0 Å². The molecule has 2 heterocycles. The fraction of sp³-hybridized carbons (Fsp3) is 0.923. The third-order valence-electron chi connectivity index (χ3n) is 4.10. The Hall–Kier alpha value is -0.220. The average Bonchev–Trinajstić information content (AvgIpc) is 2.99. The molecule has 0 aromatic rings. The van der Waals surface area contributed by atoms with Crippen LogP contribution in [-0.4, -0.2) is 47.5 Å². The van der Waals surface area contributed by atoms with Gasteiger partial charge >= 0.3 is 0 Å². The Balaban J connectivity index is 2.04. The lowest BCUT2D eigenvalue weighted by atomic mass is 9.90. The minimum atomic E-state index is -0.239. The number of nitrogens with zero attached hydrogens (tertiary/aromatic N) is 1. The summed E-state index contributed by atoms with van der Waals surface area (Å²) in [5.41, 5.74) is -0.239. The summed E-state index contributed by atoms with van der Waals surface area (Å²) in [6, 6.07) is 0.462. The summed E-state index contributed by atoms with van der Waals surface area (Å²) in [5.74, 6) is 2.66. The molecule has 98 valence electrons. The number of hydrogen-bond donors (Lipinski definition) is 1. The standard InChI is InChI=1S/C13H24N2OS/c1-3-6-13(7-4-8-14-13)12(16)15(2)11-5-9-17-10-11/h11,14H,3-10H2,1-2H3. The van der Waals surface area contributed by atoms with Gasteiger partial charge in [0.25, 0.3) is 0 Å². The molecule has 1 amide bonds. The van der Waals surface area contributed by atoms with E-state index in [-0.39, 0.29) is 5.54 Å². The quantitative estimate of drug-likeness (QED) is 0.833. The first-order chi connectivity index (χ1) is 8.19. The Morgan fingerprint density at radius 2 is 2.41 bits per heavy atom. The first-order valence-electron chi connectivity index (χ1n) is 6.79. The Labute approximate surface area is 109 Å². The molecule has 4 heteroatoms. The van der Waals surface area contributed by atoms with Crippen molar-refractivity contribution < 1.29 is 4.79 Å². The predicted molar refractivity (Wildman–Crippen MR) is 73.4 cm³/mol. The van der Waals surface area contributed by atoms with E-state index in [1.165, 1.54) is 5.75 Å². The molecule has 0 radical (unpaired) electrons. The maximum absolute atomic E-state index is 12.7. The van der Waals surface area contributed by atoms with Gasteiger partial charge in [0.05, 0.1) is 5.54 Å². The number of carbonyl (C=O) groups excluding carboxylic acids is 1. The first-order valence-corrected chi connectivity index (χ1v) is 7.95. The summed E-state index contributed by atoms with van der Waals surface area (Å²) < 4.78 is 0. The molecule has 0 aromatic carbocycles. The van der Waals surface area contributed by atoms with Crippen molar-refractivity contribution in [2.45, 2.75) is 50.6 Å². The van der Waals surface area contributed by atoms with Crippen LogP contribution in [0.2, 0.25) is 0 Å². The lowest BCUT2D eigenvalue weighted by Crippen LogP contribution is -2.56. The van der Waals surface area contributed by atoms with Gasteiger partial charge in [-0.1, -0.05) is 13.3 Å². The zero-order chi connectivity index (χ0) is 12.3. The van der Waals surface area contributed by atoms with E-state index in [9.17, 15) is 4.79 Å². The van der Waals surface area contributed by atoms with E-state index in [1.807, 2.05) is 23.7 Å². The topological polar surface area (TPSA) is 32.3 Å². The third kappa shape index (κ3) is 2.63. The van der Waals surface area contributed by atoms with Crippen molar-refractivity contribution in [3.63, 3.8) is 0 Å². The normalized spacial score (nSPS) is 32.9. The number of rotatable bonds is 4. The highest BCUT2D eigenvalue weighted by Gasteiger charge is 2.43. The van der Waals surface area contributed by atoms with Crippen LogP contribution in [0.25, 0.3) is 0 Å². The van der Waals surface area contributed by atoms with Crippen LogP contribution in [0.5, 0.6) is 0 Å². The smallest absolute Gasteiger partial charge is 0.242 e. The molecule has 0 spiro atoms. The minimum absolute atomic E-state index is 0.239. The SMILES string of the molecule is CCCC1(C(=O)N(C)C2CCSC2)CCCN1. The molecule has 0 saturated carbocycles. The molecule has 2 atom stereocenters. The Kier molecular flexibility index (Phi) is 4.36. The van der Waals surface area contributed by atoms with Gasteiger partial charge in [-0.05, 0) is 38.0 Å². The number of amides is 1. The monoisotopic (exact) mass is 256 g/mol. The molecule has 2 saturated heterocycles. The van der Waals surface area contributed by atoms with Gasteiger partial charge in [-0.25, -0.2) is 0 Å². The van der Waals surface area contributed by atoms with Gasteiger partial charge in [-0.15, -0.1) is 0 Å². The molecule has 2 aliphatic rings. The van der Waals surface area contributed by atoms with E-state index in [0.29, 0.717) is 11.9 Å². The number of carbonyl (C=O) groups is 1. The van der Waals surface area contributed by atoms with Crippen molar-refractivity contribution in [2.75, 3.05) is 25.1 Å². The van der Waals surface area contributed by atoms with Gasteiger partial charge in [-0.3, -0.25) is 4.79 Å².